The number of nitrogens with zero attached hydrogens (tertiary/aromatic N) is 1. The van der Waals surface area contributed by atoms with Crippen molar-refractivity contribution in [2.24, 2.45) is 5.92 Å². The van der Waals surface area contributed by atoms with E-state index in [-0.39, 0.29) is 6.61 Å². The lowest BCUT2D eigenvalue weighted by molar-refractivity contribution is 0.126. The van der Waals surface area contributed by atoms with Crippen LogP contribution >= 0.6 is 0 Å². The first-order chi connectivity index (χ1) is 7.26. The van der Waals surface area contributed by atoms with Gasteiger partial charge < -0.3 is 10.0 Å². The van der Waals surface area contributed by atoms with Crippen molar-refractivity contribution in [3.8, 4) is 0 Å². The molecule has 1 saturated heterocycles. The molecule has 16 heavy (non-hydrogen) atoms. The molecule has 1 aliphatic rings. The van der Waals surface area contributed by atoms with Gasteiger partial charge in [0.05, 0.1) is 4.75 Å². The minimum Gasteiger partial charge on any atom is -0.396 e. The minimum absolute atomic E-state index is 0.253. The van der Waals surface area contributed by atoms with Gasteiger partial charge in [0.15, 0.2) is 9.84 Å². The van der Waals surface area contributed by atoms with Gasteiger partial charge in [0.25, 0.3) is 0 Å². The third-order valence-corrected chi connectivity index (χ3v) is 5.71. The molecule has 1 aliphatic heterocycles. The van der Waals surface area contributed by atoms with E-state index in [2.05, 4.69) is 4.90 Å². The maximum absolute atomic E-state index is 11.6. The molecule has 4 nitrogen and oxygen atoms in total. The number of aliphatic hydroxyl groups is 1. The summed E-state index contributed by atoms with van der Waals surface area (Å²) >= 11 is 0. The molecule has 1 heterocycles. The zero-order valence-corrected chi connectivity index (χ0v) is 11.3. The van der Waals surface area contributed by atoms with E-state index in [1.807, 2.05) is 0 Å². The molecule has 1 fully saturated rings. The van der Waals surface area contributed by atoms with Gasteiger partial charge in [0, 0.05) is 19.4 Å². The fraction of sp³-hybridized carbons (Fsp3) is 1.00. The van der Waals surface area contributed by atoms with Crippen molar-refractivity contribution >= 4 is 9.84 Å². The number of aliphatic hydroxyl groups excluding tert-OH is 1. The van der Waals surface area contributed by atoms with Crippen LogP contribution in [0.2, 0.25) is 0 Å². The molecule has 0 aromatic heterocycles. The van der Waals surface area contributed by atoms with Crippen LogP contribution in [0, 0.1) is 5.92 Å². The third kappa shape index (κ3) is 3.43. The lowest BCUT2D eigenvalue weighted by Gasteiger charge is -2.36. The summed E-state index contributed by atoms with van der Waals surface area (Å²) in [6.45, 7) is 6.18. The van der Waals surface area contributed by atoms with Gasteiger partial charge in [-0.15, -0.1) is 0 Å². The number of rotatable bonds is 4. The molecular weight excluding hydrogens is 226 g/mol. The predicted molar refractivity (Wildman–Crippen MR) is 65.2 cm³/mol. The van der Waals surface area contributed by atoms with Gasteiger partial charge in [0.2, 0.25) is 0 Å². The molecule has 0 saturated carbocycles. The normalized spacial score (nSPS) is 21.2. The molecule has 0 aromatic carbocycles. The summed E-state index contributed by atoms with van der Waals surface area (Å²) in [6, 6.07) is 0. The van der Waals surface area contributed by atoms with Crippen LogP contribution in [0.5, 0.6) is 0 Å². The highest BCUT2D eigenvalue weighted by Gasteiger charge is 2.33. The van der Waals surface area contributed by atoms with Crippen LogP contribution in [0.3, 0.4) is 0 Å². The van der Waals surface area contributed by atoms with Crippen molar-refractivity contribution in [2.75, 3.05) is 32.5 Å². The zero-order valence-electron chi connectivity index (χ0n) is 10.4. The SMILES string of the molecule is CC(C)(CN1CCC(CO)CC1)S(C)(=O)=O. The summed E-state index contributed by atoms with van der Waals surface area (Å²) in [7, 11) is -3.01. The Morgan fingerprint density at radius 1 is 1.31 bits per heavy atom. The Balaban J connectivity index is 2.51. The first kappa shape index (κ1) is 13.9. The highest BCUT2D eigenvalue weighted by atomic mass is 32.2. The molecule has 0 spiro atoms. The smallest absolute Gasteiger partial charge is 0.153 e. The Hall–Kier alpha value is -0.130. The molecule has 0 aromatic rings. The first-order valence-corrected chi connectivity index (χ1v) is 7.68. The van der Waals surface area contributed by atoms with Crippen LogP contribution in [-0.2, 0) is 9.84 Å². The van der Waals surface area contributed by atoms with E-state index in [0.717, 1.165) is 25.9 Å². The predicted octanol–water partition coefficient (Wildman–Crippen LogP) is 0.514. The Morgan fingerprint density at radius 2 is 1.81 bits per heavy atom. The second-order valence-corrected chi connectivity index (χ2v) is 8.08. The number of likely N-dealkylation sites (tertiary alicyclic amines) is 1. The van der Waals surface area contributed by atoms with Crippen molar-refractivity contribution in [3.05, 3.63) is 0 Å². The minimum atomic E-state index is -3.01. The highest BCUT2D eigenvalue weighted by molar-refractivity contribution is 7.92. The topological polar surface area (TPSA) is 57.6 Å². The molecule has 0 radical (unpaired) electrons. The quantitative estimate of drug-likeness (QED) is 0.789. The lowest BCUT2D eigenvalue weighted by atomic mass is 9.97. The molecule has 0 bridgehead atoms. The van der Waals surface area contributed by atoms with Crippen molar-refractivity contribution in [1.82, 2.24) is 4.90 Å². The molecular formula is C11H23NO3S. The summed E-state index contributed by atoms with van der Waals surface area (Å²) in [6.07, 6.45) is 3.24. The lowest BCUT2D eigenvalue weighted by Crippen LogP contribution is -2.47. The van der Waals surface area contributed by atoms with Crippen molar-refractivity contribution < 1.29 is 13.5 Å². The number of piperidine rings is 1. The Bertz CT molecular complexity index is 316. The first-order valence-electron chi connectivity index (χ1n) is 5.79. The van der Waals surface area contributed by atoms with Crippen molar-refractivity contribution in [1.29, 1.82) is 0 Å². The van der Waals surface area contributed by atoms with Crippen LogP contribution in [0.15, 0.2) is 0 Å². The number of sulfone groups is 1. The standard InChI is InChI=1S/C11H23NO3S/c1-11(2,16(3,14)15)9-12-6-4-10(8-13)5-7-12/h10,13H,4-9H2,1-3H3. The van der Waals surface area contributed by atoms with Gasteiger partial charge >= 0.3 is 0 Å². The summed E-state index contributed by atoms with van der Waals surface area (Å²) in [5.41, 5.74) is 0. The molecule has 96 valence electrons. The maximum atomic E-state index is 11.6. The molecule has 0 amide bonds. The van der Waals surface area contributed by atoms with Gasteiger partial charge in [-0.25, -0.2) is 8.42 Å². The van der Waals surface area contributed by atoms with Gasteiger partial charge in [-0.05, 0) is 45.7 Å². The van der Waals surface area contributed by atoms with Gasteiger partial charge in [-0.1, -0.05) is 0 Å². The van der Waals surface area contributed by atoms with Gasteiger partial charge in [0.1, 0.15) is 0 Å². The van der Waals surface area contributed by atoms with E-state index in [1.54, 1.807) is 13.8 Å². The van der Waals surface area contributed by atoms with Gasteiger partial charge in [-0.2, -0.15) is 0 Å². The molecule has 0 atom stereocenters. The molecule has 5 heteroatoms. The highest BCUT2D eigenvalue weighted by Crippen LogP contribution is 2.22. The van der Waals surface area contributed by atoms with E-state index in [0.29, 0.717) is 12.5 Å². The van der Waals surface area contributed by atoms with Crippen LogP contribution in [0.1, 0.15) is 26.7 Å². The largest absolute Gasteiger partial charge is 0.396 e. The number of hydrogen-bond donors (Lipinski definition) is 1. The molecule has 1 N–H and O–H groups in total. The average molecular weight is 249 g/mol. The fourth-order valence-electron chi connectivity index (χ4n) is 1.98. The third-order valence-electron chi connectivity index (χ3n) is 3.57. The zero-order chi connectivity index (χ0) is 12.4. The Morgan fingerprint density at radius 3 is 2.19 bits per heavy atom. The van der Waals surface area contributed by atoms with E-state index >= 15 is 0 Å². The summed E-state index contributed by atoms with van der Waals surface area (Å²) in [4.78, 5) is 2.19. The van der Waals surface area contributed by atoms with Crippen molar-refractivity contribution in [3.63, 3.8) is 0 Å². The Kier molecular flexibility index (Phi) is 4.37. The maximum Gasteiger partial charge on any atom is 0.153 e. The van der Waals surface area contributed by atoms with Crippen LogP contribution in [-0.4, -0.2) is 55.7 Å². The average Bonchev–Trinajstić information content (AvgIpc) is 2.16. The molecule has 0 aliphatic carbocycles. The van der Waals surface area contributed by atoms with E-state index in [1.165, 1.54) is 6.26 Å². The number of hydrogen-bond acceptors (Lipinski definition) is 4. The van der Waals surface area contributed by atoms with E-state index in [4.69, 9.17) is 5.11 Å². The second-order valence-electron chi connectivity index (χ2n) is 5.43. The second kappa shape index (κ2) is 5.02. The molecule has 0 unspecified atom stereocenters. The van der Waals surface area contributed by atoms with E-state index < -0.39 is 14.6 Å². The van der Waals surface area contributed by atoms with Crippen LogP contribution in [0.25, 0.3) is 0 Å². The fourth-order valence-corrected chi connectivity index (χ4v) is 2.40. The summed E-state index contributed by atoms with van der Waals surface area (Å²) < 4.78 is 22.5. The Labute approximate surface area is 98.6 Å². The summed E-state index contributed by atoms with van der Waals surface area (Å²) in [5.74, 6) is 0.401. The molecule has 1 rings (SSSR count). The van der Waals surface area contributed by atoms with Gasteiger partial charge in [-0.3, -0.25) is 0 Å². The van der Waals surface area contributed by atoms with Crippen LogP contribution < -0.4 is 0 Å². The monoisotopic (exact) mass is 249 g/mol. The van der Waals surface area contributed by atoms with Crippen LogP contribution in [0.4, 0.5) is 0 Å². The summed E-state index contributed by atoms with van der Waals surface area (Å²) in [5, 5.41) is 9.02. The van der Waals surface area contributed by atoms with E-state index in [9.17, 15) is 8.42 Å². The van der Waals surface area contributed by atoms with Crippen molar-refractivity contribution in [2.45, 2.75) is 31.4 Å².